The summed E-state index contributed by atoms with van der Waals surface area (Å²) in [5.41, 5.74) is 0.261. The third-order valence-electron chi connectivity index (χ3n) is 12.0. The number of aliphatic hydroxyl groups excluding tert-OH is 2. The van der Waals surface area contributed by atoms with E-state index < -0.39 is 0 Å². The normalized spacial score (nSPS) is 60.7. The monoisotopic (exact) mass is 415 g/mol. The van der Waals surface area contributed by atoms with Crippen molar-refractivity contribution in [2.75, 3.05) is 13.1 Å². The highest BCUT2D eigenvalue weighted by Gasteiger charge is 2.62. The van der Waals surface area contributed by atoms with Crippen LogP contribution in [0.15, 0.2) is 0 Å². The number of nitrogens with zero attached hydrogens (tertiary/aromatic N) is 1. The Bertz CT molecular complexity index is 665. The van der Waals surface area contributed by atoms with Gasteiger partial charge < -0.3 is 10.2 Å². The Morgan fingerprint density at radius 1 is 0.733 bits per heavy atom. The summed E-state index contributed by atoms with van der Waals surface area (Å²) >= 11 is 0. The molecule has 2 heterocycles. The molecule has 0 aromatic heterocycles. The molecular weight excluding hydrogens is 370 g/mol. The molecule has 4 saturated carbocycles. The highest BCUT2D eigenvalue weighted by atomic mass is 16.3. The molecule has 3 heteroatoms. The van der Waals surface area contributed by atoms with Crippen molar-refractivity contribution in [3.63, 3.8) is 0 Å². The summed E-state index contributed by atoms with van der Waals surface area (Å²) in [5, 5.41) is 21.5. The zero-order valence-corrected chi connectivity index (χ0v) is 19.5. The summed E-state index contributed by atoms with van der Waals surface area (Å²) in [5.74, 6) is 7.22. The van der Waals surface area contributed by atoms with Crippen molar-refractivity contribution in [2.24, 2.45) is 58.7 Å². The number of hydrogen-bond donors (Lipinski definition) is 2. The van der Waals surface area contributed by atoms with Crippen LogP contribution in [0.4, 0.5) is 0 Å². The van der Waals surface area contributed by atoms with Gasteiger partial charge in [-0.25, -0.2) is 0 Å². The lowest BCUT2D eigenvalue weighted by Gasteiger charge is -2.56. The summed E-state index contributed by atoms with van der Waals surface area (Å²) in [6, 6.07) is 0.853. The molecule has 2 N–H and O–H groups in total. The molecule has 0 unspecified atom stereocenters. The van der Waals surface area contributed by atoms with Gasteiger partial charge in [-0.1, -0.05) is 20.8 Å². The van der Waals surface area contributed by atoms with E-state index in [2.05, 4.69) is 25.7 Å². The van der Waals surface area contributed by atoms with Crippen molar-refractivity contribution in [3.05, 3.63) is 0 Å². The first-order valence-corrected chi connectivity index (χ1v) is 13.5. The molecule has 0 aromatic rings. The van der Waals surface area contributed by atoms with Gasteiger partial charge in [-0.05, 0) is 116 Å². The molecular formula is C27H45NO2. The summed E-state index contributed by atoms with van der Waals surface area (Å²) in [6.45, 7) is 10.3. The van der Waals surface area contributed by atoms with E-state index in [4.69, 9.17) is 0 Å². The van der Waals surface area contributed by atoms with E-state index in [1.54, 1.807) is 0 Å². The lowest BCUT2D eigenvalue weighted by atomic mass is 9.51. The maximum absolute atomic E-state index is 11.2. The van der Waals surface area contributed by atoms with Crippen LogP contribution in [0.5, 0.6) is 0 Å². The van der Waals surface area contributed by atoms with E-state index in [1.807, 2.05) is 0 Å². The lowest BCUT2D eigenvalue weighted by molar-refractivity contribution is -0.130. The molecule has 0 bridgehead atoms. The molecule has 6 rings (SSSR count). The van der Waals surface area contributed by atoms with Crippen LogP contribution in [0.25, 0.3) is 0 Å². The zero-order chi connectivity index (χ0) is 20.8. The Morgan fingerprint density at radius 3 is 2.37 bits per heavy atom. The first-order valence-electron chi connectivity index (χ1n) is 13.5. The quantitative estimate of drug-likeness (QED) is 0.609. The minimum Gasteiger partial charge on any atom is -0.393 e. The fourth-order valence-electron chi connectivity index (χ4n) is 10.6. The van der Waals surface area contributed by atoms with E-state index in [9.17, 15) is 10.2 Å². The lowest BCUT2D eigenvalue weighted by Crippen LogP contribution is -2.58. The third-order valence-corrected chi connectivity index (χ3v) is 12.0. The zero-order valence-electron chi connectivity index (χ0n) is 19.5. The van der Waals surface area contributed by atoms with Crippen LogP contribution < -0.4 is 0 Å². The second kappa shape index (κ2) is 7.19. The summed E-state index contributed by atoms with van der Waals surface area (Å²) < 4.78 is 0. The van der Waals surface area contributed by atoms with Gasteiger partial charge in [0.2, 0.25) is 0 Å². The standard InChI is InChI=1S/C27H45NO2/c1-15-4-7-25-16(2)18-5-6-19-20(22(18)14-28(25)13-15)11-23-21(19)12-26(30)24-10-17(29)8-9-27(23,24)3/h15-26,29-30H,4-14H2,1-3H3/t15-,16-,17+,18+,19-,20-,21+,22-,23-,24-,25+,26-,27-/m1/s1. The third kappa shape index (κ3) is 2.86. The second-order valence-corrected chi connectivity index (χ2v) is 13.1. The molecule has 6 fully saturated rings. The molecule has 170 valence electrons. The van der Waals surface area contributed by atoms with Crippen LogP contribution in [0.2, 0.25) is 0 Å². The van der Waals surface area contributed by atoms with Gasteiger partial charge in [-0.15, -0.1) is 0 Å². The van der Waals surface area contributed by atoms with Crippen LogP contribution in [0, 0.1) is 58.7 Å². The van der Waals surface area contributed by atoms with Gasteiger partial charge in [-0.2, -0.15) is 0 Å². The molecule has 3 nitrogen and oxygen atoms in total. The van der Waals surface area contributed by atoms with Gasteiger partial charge in [0, 0.05) is 19.1 Å². The topological polar surface area (TPSA) is 43.7 Å². The van der Waals surface area contributed by atoms with Crippen LogP contribution in [0.1, 0.15) is 78.6 Å². The van der Waals surface area contributed by atoms with Gasteiger partial charge in [0.05, 0.1) is 12.2 Å². The van der Waals surface area contributed by atoms with E-state index in [0.29, 0.717) is 5.92 Å². The highest BCUT2D eigenvalue weighted by molar-refractivity contribution is 5.12. The number of fused-ring (bicyclic) bond motifs is 8. The van der Waals surface area contributed by atoms with Crippen molar-refractivity contribution >= 4 is 0 Å². The maximum Gasteiger partial charge on any atom is 0.0577 e. The van der Waals surface area contributed by atoms with Gasteiger partial charge in [0.25, 0.3) is 0 Å². The Hall–Kier alpha value is -0.120. The Balaban J connectivity index is 1.28. The van der Waals surface area contributed by atoms with E-state index >= 15 is 0 Å². The van der Waals surface area contributed by atoms with Crippen LogP contribution in [-0.2, 0) is 0 Å². The molecule has 0 radical (unpaired) electrons. The first kappa shape index (κ1) is 20.5. The van der Waals surface area contributed by atoms with Gasteiger partial charge in [0.15, 0.2) is 0 Å². The number of rotatable bonds is 0. The number of aliphatic hydroxyl groups is 2. The van der Waals surface area contributed by atoms with Crippen LogP contribution >= 0.6 is 0 Å². The highest BCUT2D eigenvalue weighted by Crippen LogP contribution is 2.67. The second-order valence-electron chi connectivity index (χ2n) is 13.1. The van der Waals surface area contributed by atoms with E-state index in [1.165, 1.54) is 45.2 Å². The van der Waals surface area contributed by atoms with Crippen LogP contribution in [-0.4, -0.2) is 46.5 Å². The average molecular weight is 416 g/mol. The van der Waals surface area contributed by atoms with Crippen molar-refractivity contribution in [1.29, 1.82) is 0 Å². The summed E-state index contributed by atoms with van der Waals surface area (Å²) in [7, 11) is 0. The minimum absolute atomic E-state index is 0.180. The fourth-order valence-corrected chi connectivity index (χ4v) is 10.6. The smallest absolute Gasteiger partial charge is 0.0577 e. The van der Waals surface area contributed by atoms with Crippen molar-refractivity contribution in [1.82, 2.24) is 4.90 Å². The average Bonchev–Trinajstić information content (AvgIpc) is 3.09. The van der Waals surface area contributed by atoms with Crippen LogP contribution in [0.3, 0.4) is 0 Å². The van der Waals surface area contributed by atoms with E-state index in [0.717, 1.165) is 79.1 Å². The van der Waals surface area contributed by atoms with E-state index in [-0.39, 0.29) is 17.6 Å². The number of piperidine rings is 2. The predicted octanol–water partition coefficient (Wildman–Crippen LogP) is 4.56. The molecule has 13 atom stereocenters. The Kier molecular flexibility index (Phi) is 4.91. The molecule has 4 aliphatic carbocycles. The molecule has 2 aliphatic heterocycles. The molecule has 0 amide bonds. The van der Waals surface area contributed by atoms with Crippen molar-refractivity contribution < 1.29 is 10.2 Å². The predicted molar refractivity (Wildman–Crippen MR) is 120 cm³/mol. The molecule has 6 aliphatic rings. The molecule has 30 heavy (non-hydrogen) atoms. The maximum atomic E-state index is 11.2. The number of hydrogen-bond acceptors (Lipinski definition) is 3. The fraction of sp³-hybridized carbons (Fsp3) is 1.00. The van der Waals surface area contributed by atoms with Gasteiger partial charge >= 0.3 is 0 Å². The molecule has 2 saturated heterocycles. The van der Waals surface area contributed by atoms with Gasteiger partial charge in [0.1, 0.15) is 0 Å². The first-order chi connectivity index (χ1) is 14.4. The SMILES string of the molecule is C[C@@H]1CC[C@H]2[C@H](C)[C@@H]3CC[C@@H]4[C@@H](C[C@@H]5[C@H]4C[C@@H](O)[C@H]4C[C@@H](O)CC[C@]54C)[C@@H]3CN2C1. The Labute approximate surface area is 184 Å². The largest absolute Gasteiger partial charge is 0.393 e. The van der Waals surface area contributed by atoms with Gasteiger partial charge in [-0.3, -0.25) is 4.90 Å². The summed E-state index contributed by atoms with van der Waals surface area (Å²) in [4.78, 5) is 2.92. The summed E-state index contributed by atoms with van der Waals surface area (Å²) in [6.07, 6.45) is 10.7. The Morgan fingerprint density at radius 2 is 1.53 bits per heavy atom. The van der Waals surface area contributed by atoms with Crippen molar-refractivity contribution in [3.8, 4) is 0 Å². The molecule has 0 spiro atoms. The minimum atomic E-state index is -0.181. The van der Waals surface area contributed by atoms with Crippen molar-refractivity contribution in [2.45, 2.75) is 96.8 Å². The molecule has 0 aromatic carbocycles.